The van der Waals surface area contributed by atoms with E-state index in [-0.39, 0.29) is 17.0 Å². The second-order valence-electron chi connectivity index (χ2n) is 3.12. The molecule has 6 heteroatoms. The van der Waals surface area contributed by atoms with Gasteiger partial charge < -0.3 is 10.5 Å². The molecule has 16 heavy (non-hydrogen) atoms. The fraction of sp³-hybridized carbons (Fsp3) is 0.300. The lowest BCUT2D eigenvalue weighted by Gasteiger charge is -2.08. The molecule has 86 valence electrons. The third-order valence-corrected chi connectivity index (χ3v) is 2.04. The summed E-state index contributed by atoms with van der Waals surface area (Å²) in [7, 11) is 0. The number of ether oxygens (including phenoxy) is 1. The fourth-order valence-electron chi connectivity index (χ4n) is 1.35. The van der Waals surface area contributed by atoms with Crippen molar-refractivity contribution in [2.24, 2.45) is 0 Å². The van der Waals surface area contributed by atoms with E-state index in [0.717, 1.165) is 0 Å². The van der Waals surface area contributed by atoms with E-state index < -0.39 is 16.4 Å². The lowest BCUT2D eigenvalue weighted by atomic mass is 10.1. The van der Waals surface area contributed by atoms with Crippen molar-refractivity contribution in [1.29, 1.82) is 0 Å². The highest BCUT2D eigenvalue weighted by Crippen LogP contribution is 2.34. The molecule has 0 radical (unpaired) electrons. The van der Waals surface area contributed by atoms with Gasteiger partial charge in [0.1, 0.15) is 5.75 Å². The molecule has 0 atom stereocenters. The summed E-state index contributed by atoms with van der Waals surface area (Å²) < 4.78 is 5.12. The minimum atomic E-state index is -0.672. The van der Waals surface area contributed by atoms with Crippen LogP contribution in [0.15, 0.2) is 12.1 Å². The highest BCUT2D eigenvalue weighted by atomic mass is 16.6. The van der Waals surface area contributed by atoms with Crippen molar-refractivity contribution in [1.82, 2.24) is 0 Å². The Morgan fingerprint density at radius 1 is 1.56 bits per heavy atom. The van der Waals surface area contributed by atoms with Gasteiger partial charge in [-0.1, -0.05) is 0 Å². The van der Waals surface area contributed by atoms with Gasteiger partial charge in [0.15, 0.2) is 11.5 Å². The number of nitro groups is 1. The SMILES string of the molecule is CCOc1ccc(C(C)=O)c([N+](=O)[O-])c1N. The van der Waals surface area contributed by atoms with E-state index in [1.165, 1.54) is 19.1 Å². The summed E-state index contributed by atoms with van der Waals surface area (Å²) in [5.74, 6) is -0.180. The van der Waals surface area contributed by atoms with Gasteiger partial charge >= 0.3 is 5.69 Å². The zero-order valence-corrected chi connectivity index (χ0v) is 9.02. The molecule has 0 aliphatic carbocycles. The maximum atomic E-state index is 11.2. The lowest BCUT2D eigenvalue weighted by molar-refractivity contribution is -0.384. The van der Waals surface area contributed by atoms with E-state index in [4.69, 9.17) is 10.5 Å². The summed E-state index contributed by atoms with van der Waals surface area (Å²) in [6, 6.07) is 2.81. The van der Waals surface area contributed by atoms with Crippen LogP contribution >= 0.6 is 0 Å². The van der Waals surface area contributed by atoms with Crippen LogP contribution in [-0.4, -0.2) is 17.3 Å². The Kier molecular flexibility index (Phi) is 3.44. The van der Waals surface area contributed by atoms with Crippen LogP contribution in [0.1, 0.15) is 24.2 Å². The van der Waals surface area contributed by atoms with Crippen LogP contribution in [0, 0.1) is 10.1 Å². The van der Waals surface area contributed by atoms with Crippen molar-refractivity contribution in [3.8, 4) is 5.75 Å². The van der Waals surface area contributed by atoms with Crippen LogP contribution in [-0.2, 0) is 0 Å². The van der Waals surface area contributed by atoms with Crippen molar-refractivity contribution < 1.29 is 14.5 Å². The number of Topliss-reactive ketones (excluding diaryl/α,β-unsaturated/α-hetero) is 1. The van der Waals surface area contributed by atoms with Gasteiger partial charge in [-0.2, -0.15) is 0 Å². The third-order valence-electron chi connectivity index (χ3n) is 2.04. The van der Waals surface area contributed by atoms with Gasteiger partial charge in [-0.25, -0.2) is 0 Å². The number of hydrogen-bond acceptors (Lipinski definition) is 5. The molecule has 0 fully saturated rings. The number of ketones is 1. The zero-order chi connectivity index (χ0) is 12.3. The standard InChI is InChI=1S/C10H12N2O4/c1-3-16-8-5-4-7(6(2)13)10(9(8)11)12(14)15/h4-5H,3,11H2,1-2H3. The Hall–Kier alpha value is -2.11. The first kappa shape index (κ1) is 12.0. The Balaban J connectivity index is 3.41. The number of nitrogens with zero attached hydrogens (tertiary/aromatic N) is 1. The first-order valence-corrected chi connectivity index (χ1v) is 4.69. The first-order chi connectivity index (χ1) is 7.49. The highest BCUT2D eigenvalue weighted by molar-refractivity contribution is 6.01. The molecule has 0 unspecified atom stereocenters. The molecule has 1 rings (SSSR count). The molecular weight excluding hydrogens is 212 g/mol. The van der Waals surface area contributed by atoms with Gasteiger partial charge in [0.25, 0.3) is 0 Å². The molecule has 0 bridgehead atoms. The van der Waals surface area contributed by atoms with Gasteiger partial charge in [0.2, 0.25) is 0 Å². The van der Waals surface area contributed by atoms with E-state index in [0.29, 0.717) is 6.61 Å². The van der Waals surface area contributed by atoms with Gasteiger partial charge in [0, 0.05) is 0 Å². The maximum Gasteiger partial charge on any atom is 0.306 e. The van der Waals surface area contributed by atoms with E-state index in [1.807, 2.05) is 0 Å². The van der Waals surface area contributed by atoms with E-state index in [1.54, 1.807) is 6.92 Å². The number of nitrogens with two attached hydrogens (primary N) is 1. The van der Waals surface area contributed by atoms with E-state index in [9.17, 15) is 14.9 Å². The van der Waals surface area contributed by atoms with Gasteiger partial charge in [-0.05, 0) is 26.0 Å². The summed E-state index contributed by atoms with van der Waals surface area (Å²) in [5.41, 5.74) is 5.08. The number of hydrogen-bond donors (Lipinski definition) is 1. The fourth-order valence-corrected chi connectivity index (χ4v) is 1.35. The second-order valence-corrected chi connectivity index (χ2v) is 3.12. The number of nitrogen functional groups attached to an aromatic ring is 1. The summed E-state index contributed by atoms with van der Waals surface area (Å²) in [5, 5.41) is 10.8. The average Bonchev–Trinajstić information content (AvgIpc) is 2.20. The Morgan fingerprint density at radius 2 is 2.19 bits per heavy atom. The predicted molar refractivity (Wildman–Crippen MR) is 58.7 cm³/mol. The van der Waals surface area contributed by atoms with Crippen LogP contribution in [0.3, 0.4) is 0 Å². The summed E-state index contributed by atoms with van der Waals surface area (Å²) in [4.78, 5) is 21.3. The third kappa shape index (κ3) is 2.10. The number of benzene rings is 1. The molecule has 0 aromatic heterocycles. The quantitative estimate of drug-likeness (QED) is 0.364. The maximum absolute atomic E-state index is 11.2. The van der Waals surface area contributed by atoms with Crippen molar-refractivity contribution in [3.63, 3.8) is 0 Å². The highest BCUT2D eigenvalue weighted by Gasteiger charge is 2.24. The van der Waals surface area contributed by atoms with E-state index >= 15 is 0 Å². The topological polar surface area (TPSA) is 95.5 Å². The Bertz CT molecular complexity index is 443. The Labute approximate surface area is 92.2 Å². The van der Waals surface area contributed by atoms with Gasteiger partial charge in [-0.3, -0.25) is 14.9 Å². The normalized spacial score (nSPS) is 9.88. The monoisotopic (exact) mass is 224 g/mol. The molecule has 1 aromatic carbocycles. The first-order valence-electron chi connectivity index (χ1n) is 4.69. The molecule has 0 aliphatic rings. The molecule has 1 aromatic rings. The molecular formula is C10H12N2O4. The van der Waals surface area contributed by atoms with Crippen molar-refractivity contribution in [2.75, 3.05) is 12.3 Å². The molecule has 6 nitrogen and oxygen atoms in total. The molecule has 0 heterocycles. The minimum absolute atomic E-state index is 0.00838. The Morgan fingerprint density at radius 3 is 2.62 bits per heavy atom. The molecule has 0 aliphatic heterocycles. The average molecular weight is 224 g/mol. The van der Waals surface area contributed by atoms with Crippen LogP contribution in [0.25, 0.3) is 0 Å². The predicted octanol–water partition coefficient (Wildman–Crippen LogP) is 1.78. The second kappa shape index (κ2) is 4.61. The van der Waals surface area contributed by atoms with Crippen LogP contribution in [0.4, 0.5) is 11.4 Å². The van der Waals surface area contributed by atoms with Crippen molar-refractivity contribution in [2.45, 2.75) is 13.8 Å². The van der Waals surface area contributed by atoms with Gasteiger partial charge in [0.05, 0.1) is 17.1 Å². The van der Waals surface area contributed by atoms with Crippen molar-refractivity contribution in [3.05, 3.63) is 27.8 Å². The number of carbonyl (C=O) groups is 1. The largest absolute Gasteiger partial charge is 0.491 e. The molecule has 0 saturated heterocycles. The van der Waals surface area contributed by atoms with Crippen LogP contribution in [0.5, 0.6) is 5.75 Å². The van der Waals surface area contributed by atoms with Gasteiger partial charge in [-0.15, -0.1) is 0 Å². The number of carbonyl (C=O) groups excluding carboxylic acids is 1. The summed E-state index contributed by atoms with van der Waals surface area (Å²) >= 11 is 0. The molecule has 0 amide bonds. The van der Waals surface area contributed by atoms with E-state index in [2.05, 4.69) is 0 Å². The minimum Gasteiger partial charge on any atom is -0.491 e. The molecule has 0 spiro atoms. The smallest absolute Gasteiger partial charge is 0.306 e. The number of anilines is 1. The zero-order valence-electron chi connectivity index (χ0n) is 9.02. The summed E-state index contributed by atoms with van der Waals surface area (Å²) in [6.45, 7) is 3.34. The molecule has 2 N–H and O–H groups in total. The summed E-state index contributed by atoms with van der Waals surface area (Å²) in [6.07, 6.45) is 0. The number of rotatable bonds is 4. The molecule has 0 saturated carbocycles. The van der Waals surface area contributed by atoms with Crippen LogP contribution in [0.2, 0.25) is 0 Å². The number of nitro benzene ring substituents is 1. The lowest BCUT2D eigenvalue weighted by Crippen LogP contribution is -2.06. The van der Waals surface area contributed by atoms with Crippen LogP contribution < -0.4 is 10.5 Å². The van der Waals surface area contributed by atoms with Crippen molar-refractivity contribution >= 4 is 17.2 Å².